The number of hydrogen-bond acceptors (Lipinski definition) is 4. The van der Waals surface area contributed by atoms with Gasteiger partial charge in [0.15, 0.2) is 0 Å². The van der Waals surface area contributed by atoms with Crippen molar-refractivity contribution in [1.29, 1.82) is 5.26 Å². The van der Waals surface area contributed by atoms with E-state index in [9.17, 15) is 14.9 Å². The zero-order valence-corrected chi connectivity index (χ0v) is 13.2. The van der Waals surface area contributed by atoms with Crippen molar-refractivity contribution in [1.82, 2.24) is 10.6 Å². The zero-order valence-electron chi connectivity index (χ0n) is 13.2. The quantitative estimate of drug-likeness (QED) is 0.686. The third-order valence-corrected chi connectivity index (χ3v) is 6.42. The highest BCUT2D eigenvalue weighted by atomic mass is 16.2. The van der Waals surface area contributed by atoms with Crippen LogP contribution in [0.4, 0.5) is 0 Å². The van der Waals surface area contributed by atoms with Gasteiger partial charge in [-0.3, -0.25) is 9.59 Å². The molecule has 1 saturated carbocycles. The molecule has 2 amide bonds. The Hall–Kier alpha value is -1.61. The number of carbonyl (C=O) groups excluding carboxylic acids is 2. The predicted octanol–water partition coefficient (Wildman–Crippen LogP) is 0.142. The molecule has 0 spiro atoms. The number of rotatable bonds is 4. The van der Waals surface area contributed by atoms with E-state index < -0.39 is 11.5 Å². The summed E-state index contributed by atoms with van der Waals surface area (Å²) in [5.74, 6) is -0.525. The maximum absolute atomic E-state index is 12.0. The molecule has 5 atom stereocenters. The van der Waals surface area contributed by atoms with Crippen molar-refractivity contribution in [3.63, 3.8) is 0 Å². The van der Waals surface area contributed by atoms with Gasteiger partial charge in [-0.1, -0.05) is 13.8 Å². The Morgan fingerprint density at radius 3 is 2.82 bits per heavy atom. The topological polar surface area (TPSA) is 108 Å². The molecule has 0 aromatic rings. The summed E-state index contributed by atoms with van der Waals surface area (Å²) in [6.45, 7) is 5.66. The number of nitrogens with one attached hydrogen (secondary N) is 2. The molecule has 22 heavy (non-hydrogen) atoms. The summed E-state index contributed by atoms with van der Waals surface area (Å²) in [7, 11) is 0. The Morgan fingerprint density at radius 2 is 2.27 bits per heavy atom. The van der Waals surface area contributed by atoms with Crippen LogP contribution in [0.1, 0.15) is 33.1 Å². The third kappa shape index (κ3) is 1.81. The lowest BCUT2D eigenvalue weighted by Gasteiger charge is -2.33. The van der Waals surface area contributed by atoms with E-state index >= 15 is 0 Å². The normalized spacial score (nSPS) is 40.2. The average Bonchev–Trinajstić information content (AvgIpc) is 2.82. The Kier molecular flexibility index (Phi) is 3.44. The van der Waals surface area contributed by atoms with Crippen LogP contribution in [0.25, 0.3) is 0 Å². The van der Waals surface area contributed by atoms with Gasteiger partial charge in [0, 0.05) is 17.9 Å². The van der Waals surface area contributed by atoms with Crippen LogP contribution in [0.3, 0.4) is 0 Å². The Labute approximate surface area is 130 Å². The second-order valence-electron chi connectivity index (χ2n) is 7.50. The minimum atomic E-state index is -0.469. The van der Waals surface area contributed by atoms with Gasteiger partial charge in [0.2, 0.25) is 11.8 Å². The van der Waals surface area contributed by atoms with Crippen LogP contribution in [-0.2, 0) is 9.59 Å². The highest BCUT2D eigenvalue weighted by molar-refractivity contribution is 5.83. The van der Waals surface area contributed by atoms with E-state index in [1.54, 1.807) is 0 Å². The van der Waals surface area contributed by atoms with E-state index in [1.165, 1.54) is 0 Å². The number of nitrogens with zero attached hydrogens (tertiary/aromatic N) is 1. The van der Waals surface area contributed by atoms with Crippen LogP contribution in [-0.4, -0.2) is 30.9 Å². The molecule has 3 fully saturated rings. The number of hydrogen-bond donors (Lipinski definition) is 3. The molecule has 2 saturated heterocycles. The number of nitrogens with two attached hydrogens (primary N) is 1. The molecule has 0 aromatic heterocycles. The first kappa shape index (κ1) is 15.3. The molecule has 0 bridgehead atoms. The van der Waals surface area contributed by atoms with E-state index in [-0.39, 0.29) is 35.0 Å². The molecule has 3 aliphatic rings. The van der Waals surface area contributed by atoms with Crippen LogP contribution in [0.15, 0.2) is 0 Å². The summed E-state index contributed by atoms with van der Waals surface area (Å²) in [5.41, 5.74) is 5.06. The van der Waals surface area contributed by atoms with Gasteiger partial charge in [-0.2, -0.15) is 5.26 Å². The van der Waals surface area contributed by atoms with Crippen molar-refractivity contribution in [3.8, 4) is 6.07 Å². The van der Waals surface area contributed by atoms with Crippen molar-refractivity contribution in [2.24, 2.45) is 34.3 Å². The molecular weight excluding hydrogens is 280 g/mol. The van der Waals surface area contributed by atoms with Crippen LogP contribution >= 0.6 is 0 Å². The summed E-state index contributed by atoms with van der Waals surface area (Å²) in [6, 6.07) is 1.94. The van der Waals surface area contributed by atoms with E-state index in [0.717, 1.165) is 25.9 Å². The molecule has 3 rings (SSSR count). The molecule has 0 aromatic carbocycles. The molecule has 4 N–H and O–H groups in total. The van der Waals surface area contributed by atoms with Crippen LogP contribution in [0.5, 0.6) is 0 Å². The first-order valence-electron chi connectivity index (χ1n) is 8.07. The lowest BCUT2D eigenvalue weighted by molar-refractivity contribution is -0.127. The summed E-state index contributed by atoms with van der Waals surface area (Å²) < 4.78 is 0. The molecule has 1 aliphatic carbocycles. The molecule has 6 nitrogen and oxygen atoms in total. The minimum absolute atomic E-state index is 0.0412. The maximum Gasteiger partial charge on any atom is 0.235 e. The lowest BCUT2D eigenvalue weighted by Crippen LogP contribution is -2.50. The summed E-state index contributed by atoms with van der Waals surface area (Å²) >= 11 is 0. The molecular formula is C16H24N4O2. The Bertz CT molecular complexity index is 553. The second-order valence-corrected chi connectivity index (χ2v) is 7.50. The lowest BCUT2D eigenvalue weighted by atomic mass is 9.72. The maximum atomic E-state index is 12.0. The SMILES string of the molecule is CC1(C)C2CNC(C(N)=O)C21[C@@H](C#N)C[C@@H]1CCCNC1=O. The van der Waals surface area contributed by atoms with Crippen molar-refractivity contribution >= 4 is 11.8 Å². The highest BCUT2D eigenvalue weighted by Gasteiger charge is 2.80. The number of primary amides is 1. The van der Waals surface area contributed by atoms with Crippen molar-refractivity contribution < 1.29 is 9.59 Å². The first-order chi connectivity index (χ1) is 10.4. The van der Waals surface area contributed by atoms with Gasteiger partial charge in [0.1, 0.15) is 0 Å². The fourth-order valence-corrected chi connectivity index (χ4v) is 5.27. The number of piperidine rings is 2. The van der Waals surface area contributed by atoms with Gasteiger partial charge < -0.3 is 16.4 Å². The number of amides is 2. The van der Waals surface area contributed by atoms with E-state index in [1.807, 2.05) is 0 Å². The molecule has 3 unspecified atom stereocenters. The number of nitriles is 1. The van der Waals surface area contributed by atoms with E-state index in [4.69, 9.17) is 5.73 Å². The summed E-state index contributed by atoms with van der Waals surface area (Å²) in [6.07, 6.45) is 2.29. The largest absolute Gasteiger partial charge is 0.368 e. The van der Waals surface area contributed by atoms with Crippen LogP contribution < -0.4 is 16.4 Å². The van der Waals surface area contributed by atoms with Crippen molar-refractivity contribution in [2.75, 3.05) is 13.1 Å². The molecule has 2 aliphatic heterocycles. The van der Waals surface area contributed by atoms with Crippen molar-refractivity contribution in [2.45, 2.75) is 39.2 Å². The molecule has 120 valence electrons. The second kappa shape index (κ2) is 4.95. The average molecular weight is 304 g/mol. The van der Waals surface area contributed by atoms with Gasteiger partial charge in [-0.25, -0.2) is 0 Å². The summed E-state index contributed by atoms with van der Waals surface area (Å²) in [5, 5.41) is 15.8. The van der Waals surface area contributed by atoms with Crippen LogP contribution in [0.2, 0.25) is 0 Å². The standard InChI is InChI=1S/C16H24N4O2/c1-15(2)11-8-20-12(13(18)21)16(11,15)10(7-17)6-9-4-3-5-19-14(9)22/h9-12,20H,3-6,8H2,1-2H3,(H2,18,21)(H,19,22)/t9-,10+,11?,12?,16?/m0/s1. The molecule has 0 radical (unpaired) electrons. The highest BCUT2D eigenvalue weighted by Crippen LogP contribution is 2.76. The molecule has 2 heterocycles. The first-order valence-corrected chi connectivity index (χ1v) is 8.07. The third-order valence-electron chi connectivity index (χ3n) is 6.42. The smallest absolute Gasteiger partial charge is 0.235 e. The van der Waals surface area contributed by atoms with Gasteiger partial charge in [-0.15, -0.1) is 0 Å². The van der Waals surface area contributed by atoms with Crippen LogP contribution in [0, 0.1) is 39.9 Å². The predicted molar refractivity (Wildman–Crippen MR) is 80.1 cm³/mol. The van der Waals surface area contributed by atoms with Gasteiger partial charge in [0.05, 0.1) is 18.0 Å². The van der Waals surface area contributed by atoms with E-state index in [2.05, 4.69) is 30.6 Å². The monoisotopic (exact) mass is 304 g/mol. The zero-order chi connectivity index (χ0) is 16.1. The number of fused-ring (bicyclic) bond motifs is 1. The summed E-state index contributed by atoms with van der Waals surface area (Å²) in [4.78, 5) is 23.9. The minimum Gasteiger partial charge on any atom is -0.368 e. The van der Waals surface area contributed by atoms with E-state index in [0.29, 0.717) is 6.42 Å². The fourth-order valence-electron chi connectivity index (χ4n) is 5.27. The van der Waals surface area contributed by atoms with Gasteiger partial charge >= 0.3 is 0 Å². The Balaban J connectivity index is 1.87. The Morgan fingerprint density at radius 1 is 1.55 bits per heavy atom. The van der Waals surface area contributed by atoms with Gasteiger partial charge in [-0.05, 0) is 37.1 Å². The molecule has 6 heteroatoms. The van der Waals surface area contributed by atoms with Crippen molar-refractivity contribution in [3.05, 3.63) is 0 Å². The fraction of sp³-hybridized carbons (Fsp3) is 0.812. The van der Waals surface area contributed by atoms with Gasteiger partial charge in [0.25, 0.3) is 0 Å². The number of carbonyl (C=O) groups is 2.